The number of piperidine rings is 1. The van der Waals surface area contributed by atoms with E-state index in [1.165, 1.54) is 24.9 Å². The zero-order chi connectivity index (χ0) is 20.5. The van der Waals surface area contributed by atoms with Gasteiger partial charge in [0.15, 0.2) is 0 Å². The normalized spacial score (nSPS) is 22.0. The van der Waals surface area contributed by atoms with Gasteiger partial charge >= 0.3 is 11.9 Å². The van der Waals surface area contributed by atoms with Gasteiger partial charge in [-0.25, -0.2) is 9.59 Å². The van der Waals surface area contributed by atoms with E-state index < -0.39 is 11.9 Å². The summed E-state index contributed by atoms with van der Waals surface area (Å²) in [5, 5.41) is 15.6. The Morgan fingerprint density at radius 3 is 2.29 bits per heavy atom. The first kappa shape index (κ1) is 21.4. The monoisotopic (exact) mass is 389 g/mol. The number of allylic oxidation sites excluding steroid dienone is 1. The molecule has 0 amide bonds. The van der Waals surface area contributed by atoms with Gasteiger partial charge in [-0.1, -0.05) is 12.5 Å². The van der Waals surface area contributed by atoms with Crippen molar-refractivity contribution in [3.8, 4) is 5.75 Å². The van der Waals surface area contributed by atoms with E-state index in [4.69, 9.17) is 14.9 Å². The van der Waals surface area contributed by atoms with Crippen LogP contribution >= 0.6 is 0 Å². The highest BCUT2D eigenvalue weighted by molar-refractivity contribution is 5.89. The third kappa shape index (κ3) is 6.38. The number of likely N-dealkylation sites (N-methyl/N-ethyl adjacent to an activating group) is 1. The molecule has 2 bridgehead atoms. The second kappa shape index (κ2) is 10.5. The van der Waals surface area contributed by atoms with Gasteiger partial charge in [0.05, 0.1) is 24.3 Å². The summed E-state index contributed by atoms with van der Waals surface area (Å²) >= 11 is 0. The number of anilines is 1. The second-order valence-corrected chi connectivity index (χ2v) is 6.78. The van der Waals surface area contributed by atoms with Gasteiger partial charge in [-0.2, -0.15) is 0 Å². The zero-order valence-electron chi connectivity index (χ0n) is 16.2. The number of nitrogens with zero attached hydrogens (tertiary/aromatic N) is 3. The molecule has 2 aliphatic rings. The van der Waals surface area contributed by atoms with Crippen molar-refractivity contribution in [3.63, 3.8) is 0 Å². The van der Waals surface area contributed by atoms with Crippen LogP contribution < -0.4 is 9.64 Å². The van der Waals surface area contributed by atoms with Crippen molar-refractivity contribution in [2.24, 2.45) is 0 Å². The lowest BCUT2D eigenvalue weighted by molar-refractivity contribution is -0.134. The van der Waals surface area contributed by atoms with Gasteiger partial charge in [-0.15, -0.1) is 0 Å². The molecule has 2 fully saturated rings. The van der Waals surface area contributed by atoms with Gasteiger partial charge in [0.1, 0.15) is 5.75 Å². The maximum absolute atomic E-state index is 9.55. The third-order valence-electron chi connectivity index (χ3n) is 4.86. The number of rotatable bonds is 5. The van der Waals surface area contributed by atoms with Crippen LogP contribution in [0.4, 0.5) is 5.69 Å². The topological polar surface area (TPSA) is 103 Å². The average molecular weight is 389 g/mol. The molecule has 2 saturated heterocycles. The fourth-order valence-electron chi connectivity index (χ4n) is 3.46. The summed E-state index contributed by atoms with van der Waals surface area (Å²) in [4.78, 5) is 28.4. The molecule has 8 heteroatoms. The van der Waals surface area contributed by atoms with Crippen molar-refractivity contribution in [3.05, 3.63) is 43.0 Å². The summed E-state index contributed by atoms with van der Waals surface area (Å²) in [6, 6.07) is 3.46. The van der Waals surface area contributed by atoms with E-state index in [0.29, 0.717) is 24.2 Å². The Balaban J connectivity index is 0.000000300. The molecule has 28 heavy (non-hydrogen) atoms. The lowest BCUT2D eigenvalue weighted by atomic mass is 9.92. The van der Waals surface area contributed by atoms with Gasteiger partial charge in [0.2, 0.25) is 0 Å². The number of piperazine rings is 1. The Bertz CT molecular complexity index is 704. The number of hydrogen-bond acceptors (Lipinski definition) is 6. The molecule has 2 atom stereocenters. The van der Waals surface area contributed by atoms with Crippen molar-refractivity contribution >= 4 is 17.6 Å². The number of carboxylic acid groups (broad SMARTS) is 2. The minimum Gasteiger partial charge on any atom is -0.478 e. The van der Waals surface area contributed by atoms with Gasteiger partial charge in [-0.05, 0) is 26.8 Å². The predicted molar refractivity (Wildman–Crippen MR) is 105 cm³/mol. The molecule has 2 N–H and O–H groups in total. The Morgan fingerprint density at radius 1 is 1.14 bits per heavy atom. The smallest absolute Gasteiger partial charge is 0.328 e. The number of hydrogen-bond donors (Lipinski definition) is 2. The van der Waals surface area contributed by atoms with Crippen molar-refractivity contribution in [2.45, 2.75) is 38.3 Å². The van der Waals surface area contributed by atoms with E-state index in [1.54, 1.807) is 12.5 Å². The fourth-order valence-corrected chi connectivity index (χ4v) is 3.46. The Labute approximate surface area is 164 Å². The van der Waals surface area contributed by atoms with E-state index in [9.17, 15) is 9.59 Å². The highest BCUT2D eigenvalue weighted by Gasteiger charge is 2.35. The second-order valence-electron chi connectivity index (χ2n) is 6.78. The Kier molecular flexibility index (Phi) is 8.01. The van der Waals surface area contributed by atoms with Crippen LogP contribution in [-0.4, -0.2) is 64.3 Å². The number of aromatic nitrogens is 1. The SMILES string of the molecule is C/C=C\Oc1cncc(N2CC3CCCC(C2)N3C)c1.O=C(O)/C=C/C(=O)O. The van der Waals surface area contributed by atoms with Gasteiger partial charge in [0, 0.05) is 43.4 Å². The molecule has 0 aliphatic carbocycles. The van der Waals surface area contributed by atoms with E-state index in [2.05, 4.69) is 27.9 Å². The largest absolute Gasteiger partial charge is 0.478 e. The van der Waals surface area contributed by atoms with Crippen LogP contribution in [0.2, 0.25) is 0 Å². The number of ether oxygens (including phenoxy) is 1. The lowest BCUT2D eigenvalue weighted by Gasteiger charge is -2.49. The molecular formula is C20H27N3O5. The number of carboxylic acids is 2. The van der Waals surface area contributed by atoms with Gasteiger partial charge in [0.25, 0.3) is 0 Å². The van der Waals surface area contributed by atoms with Crippen molar-refractivity contribution in [1.29, 1.82) is 0 Å². The first-order chi connectivity index (χ1) is 13.4. The van der Waals surface area contributed by atoms with Gasteiger partial charge in [-0.3, -0.25) is 9.88 Å². The van der Waals surface area contributed by atoms with E-state index >= 15 is 0 Å². The standard InChI is InChI=1S/C16H23N3O.C4H4O4/c1-3-7-20-16-8-15(9-17-10-16)19-11-13-5-4-6-14(12-19)18(13)2;5-3(6)1-2-4(7)8/h3,7-10,13-14H,4-6,11-12H2,1-2H3;1-2H,(H,5,6)(H,7,8)/b7-3-;2-1+. The van der Waals surface area contributed by atoms with E-state index in [-0.39, 0.29) is 0 Å². The third-order valence-corrected chi connectivity index (χ3v) is 4.86. The van der Waals surface area contributed by atoms with Gasteiger partial charge < -0.3 is 19.8 Å². The Morgan fingerprint density at radius 2 is 1.75 bits per heavy atom. The summed E-state index contributed by atoms with van der Waals surface area (Å²) in [5.74, 6) is -1.70. The zero-order valence-corrected chi connectivity index (χ0v) is 16.2. The lowest BCUT2D eigenvalue weighted by Crippen LogP contribution is -2.59. The molecule has 3 rings (SSSR count). The summed E-state index contributed by atoms with van der Waals surface area (Å²) < 4.78 is 5.52. The van der Waals surface area contributed by atoms with Crippen LogP contribution in [0.3, 0.4) is 0 Å². The molecular weight excluding hydrogens is 362 g/mol. The summed E-state index contributed by atoms with van der Waals surface area (Å²) in [6.45, 7) is 4.14. The molecule has 152 valence electrons. The summed E-state index contributed by atoms with van der Waals surface area (Å²) in [7, 11) is 2.27. The fraction of sp³-hybridized carbons (Fsp3) is 0.450. The average Bonchev–Trinajstić information content (AvgIpc) is 2.65. The van der Waals surface area contributed by atoms with Crippen LogP contribution in [0.25, 0.3) is 0 Å². The summed E-state index contributed by atoms with van der Waals surface area (Å²) in [6.07, 6.45) is 12.4. The molecule has 0 spiro atoms. The number of carbonyl (C=O) groups is 2. The highest BCUT2D eigenvalue weighted by Crippen LogP contribution is 2.30. The minimum absolute atomic E-state index is 0.558. The Hall–Kier alpha value is -2.87. The van der Waals surface area contributed by atoms with Crippen LogP contribution in [0.1, 0.15) is 26.2 Å². The molecule has 1 aromatic heterocycles. The number of aliphatic carboxylic acids is 2. The first-order valence-electron chi connectivity index (χ1n) is 9.24. The van der Waals surface area contributed by atoms with Crippen LogP contribution in [0, 0.1) is 0 Å². The predicted octanol–water partition coefficient (Wildman–Crippen LogP) is 2.38. The molecule has 1 aromatic rings. The highest BCUT2D eigenvalue weighted by atomic mass is 16.5. The first-order valence-corrected chi connectivity index (χ1v) is 9.24. The number of pyridine rings is 1. The van der Waals surface area contributed by atoms with Crippen LogP contribution in [0.15, 0.2) is 43.0 Å². The minimum atomic E-state index is -1.26. The summed E-state index contributed by atoms with van der Waals surface area (Å²) in [5.41, 5.74) is 1.18. The van der Waals surface area contributed by atoms with Crippen molar-refractivity contribution < 1.29 is 24.5 Å². The molecule has 2 aliphatic heterocycles. The maximum Gasteiger partial charge on any atom is 0.328 e. The maximum atomic E-state index is 9.55. The molecule has 0 saturated carbocycles. The van der Waals surface area contributed by atoms with E-state index in [0.717, 1.165) is 18.8 Å². The molecule has 0 radical (unpaired) electrons. The van der Waals surface area contributed by atoms with Crippen LogP contribution in [0.5, 0.6) is 5.75 Å². The molecule has 3 heterocycles. The molecule has 8 nitrogen and oxygen atoms in total. The van der Waals surface area contributed by atoms with Crippen molar-refractivity contribution in [2.75, 3.05) is 25.0 Å². The van der Waals surface area contributed by atoms with Crippen molar-refractivity contribution in [1.82, 2.24) is 9.88 Å². The molecule has 2 unspecified atom stereocenters. The molecule has 0 aromatic carbocycles. The quantitative estimate of drug-likeness (QED) is 0.584. The number of fused-ring (bicyclic) bond motifs is 2. The van der Waals surface area contributed by atoms with Crippen LogP contribution in [-0.2, 0) is 9.59 Å². The van der Waals surface area contributed by atoms with E-state index in [1.807, 2.05) is 19.2 Å².